The van der Waals surface area contributed by atoms with Gasteiger partial charge in [0.2, 0.25) is 0 Å². The van der Waals surface area contributed by atoms with E-state index in [1.54, 1.807) is 0 Å². The van der Waals surface area contributed by atoms with Crippen molar-refractivity contribution in [1.29, 1.82) is 0 Å². The molecule has 1 unspecified atom stereocenters. The van der Waals surface area contributed by atoms with Gasteiger partial charge >= 0.3 is 5.97 Å². The smallest absolute Gasteiger partial charge is 0.325 e. The first-order chi connectivity index (χ1) is 10.0. The predicted octanol–water partition coefficient (Wildman–Crippen LogP) is 0.881. The zero-order chi connectivity index (χ0) is 15.0. The number of hydrogen-bond donors (Lipinski definition) is 2. The zero-order valence-electron chi connectivity index (χ0n) is 11.4. The van der Waals surface area contributed by atoms with E-state index in [1.165, 1.54) is 16.0 Å². The number of nitrogen functional groups attached to an aromatic ring is 1. The number of carboxylic acid groups (broad SMARTS) is 1. The van der Waals surface area contributed by atoms with Crippen molar-refractivity contribution in [3.05, 3.63) is 11.5 Å². The summed E-state index contributed by atoms with van der Waals surface area (Å²) in [6.07, 6.45) is 0.848. The third-order valence-electron chi connectivity index (χ3n) is 3.28. The lowest BCUT2D eigenvalue weighted by molar-refractivity contribution is -0.137. The first-order valence-electron chi connectivity index (χ1n) is 6.52. The van der Waals surface area contributed by atoms with Crippen molar-refractivity contribution in [2.75, 3.05) is 18.9 Å². The number of nitrogens with zero attached hydrogens (tertiary/aromatic N) is 4. The molecule has 112 valence electrons. The molecule has 0 spiro atoms. The summed E-state index contributed by atoms with van der Waals surface area (Å²) in [5.74, 6) is 0.274. The van der Waals surface area contributed by atoms with Crippen LogP contribution in [-0.2, 0) is 16.1 Å². The molecular formula is C12H15N5O3S. The van der Waals surface area contributed by atoms with Gasteiger partial charge in [-0.15, -0.1) is 0 Å². The Hall–Kier alpha value is -2.00. The third-order valence-corrected chi connectivity index (χ3v) is 4.27. The molecule has 9 heteroatoms. The van der Waals surface area contributed by atoms with Gasteiger partial charge in [-0.25, -0.2) is 14.6 Å². The molecule has 2 aromatic rings. The fourth-order valence-corrected chi connectivity index (χ4v) is 3.13. The van der Waals surface area contributed by atoms with E-state index in [9.17, 15) is 4.79 Å². The lowest BCUT2D eigenvalue weighted by atomic mass is 10.1. The van der Waals surface area contributed by atoms with Gasteiger partial charge in [-0.3, -0.25) is 4.79 Å². The first kappa shape index (κ1) is 14.0. The van der Waals surface area contributed by atoms with Gasteiger partial charge in [-0.1, -0.05) is 11.3 Å². The Kier molecular flexibility index (Phi) is 3.60. The molecule has 1 saturated heterocycles. The maximum Gasteiger partial charge on any atom is 0.325 e. The molecule has 0 amide bonds. The summed E-state index contributed by atoms with van der Waals surface area (Å²) in [6.45, 7) is 2.83. The summed E-state index contributed by atoms with van der Waals surface area (Å²) < 4.78 is 6.74. The van der Waals surface area contributed by atoms with Gasteiger partial charge < -0.3 is 15.6 Å². The number of aliphatic carboxylic acids is 1. The molecular weight excluding hydrogens is 294 g/mol. The Morgan fingerprint density at radius 2 is 2.38 bits per heavy atom. The van der Waals surface area contributed by atoms with Gasteiger partial charge in [0.1, 0.15) is 6.54 Å². The fraction of sp³-hybridized carbons (Fsp3) is 0.500. The zero-order valence-corrected chi connectivity index (χ0v) is 12.3. The summed E-state index contributed by atoms with van der Waals surface area (Å²) in [7, 11) is 0. The second-order valence-corrected chi connectivity index (χ2v) is 5.90. The van der Waals surface area contributed by atoms with Gasteiger partial charge in [-0.2, -0.15) is 5.10 Å². The van der Waals surface area contributed by atoms with E-state index >= 15 is 0 Å². The SMILES string of the molecule is Cc1nc(N)sc1-c1nc(C2CCOC2)nn1CC(=O)O. The predicted molar refractivity (Wildman–Crippen MR) is 76.1 cm³/mol. The van der Waals surface area contributed by atoms with Crippen LogP contribution in [-0.4, -0.2) is 44.0 Å². The molecule has 0 radical (unpaired) electrons. The highest BCUT2D eigenvalue weighted by Crippen LogP contribution is 2.32. The lowest BCUT2D eigenvalue weighted by Gasteiger charge is -2.00. The molecule has 3 rings (SSSR count). The summed E-state index contributed by atoms with van der Waals surface area (Å²) in [4.78, 5) is 20.4. The number of carboxylic acids is 1. The summed E-state index contributed by atoms with van der Waals surface area (Å²) in [5.41, 5.74) is 6.44. The van der Waals surface area contributed by atoms with Crippen molar-refractivity contribution in [2.24, 2.45) is 0 Å². The van der Waals surface area contributed by atoms with E-state index in [0.29, 0.717) is 30.0 Å². The number of rotatable bonds is 4. The topological polar surface area (TPSA) is 116 Å². The molecule has 0 aromatic carbocycles. The monoisotopic (exact) mass is 309 g/mol. The van der Waals surface area contributed by atoms with Crippen molar-refractivity contribution < 1.29 is 14.6 Å². The summed E-state index contributed by atoms with van der Waals surface area (Å²) in [5, 5.41) is 13.8. The number of aromatic nitrogens is 4. The van der Waals surface area contributed by atoms with Gasteiger partial charge in [0, 0.05) is 12.5 Å². The molecule has 1 atom stereocenters. The van der Waals surface area contributed by atoms with Crippen LogP contribution < -0.4 is 5.73 Å². The van der Waals surface area contributed by atoms with Crippen molar-refractivity contribution in [3.8, 4) is 10.7 Å². The van der Waals surface area contributed by atoms with Crippen LogP contribution in [0.2, 0.25) is 0 Å². The van der Waals surface area contributed by atoms with E-state index in [-0.39, 0.29) is 12.5 Å². The van der Waals surface area contributed by atoms with Crippen molar-refractivity contribution in [1.82, 2.24) is 19.7 Å². The highest BCUT2D eigenvalue weighted by molar-refractivity contribution is 7.18. The average molecular weight is 309 g/mol. The normalized spacial score (nSPS) is 18.2. The van der Waals surface area contributed by atoms with Gasteiger partial charge in [0.25, 0.3) is 0 Å². The number of aryl methyl sites for hydroxylation is 1. The molecule has 3 heterocycles. The second kappa shape index (κ2) is 5.41. The van der Waals surface area contributed by atoms with E-state index in [4.69, 9.17) is 15.6 Å². The van der Waals surface area contributed by atoms with Crippen molar-refractivity contribution >= 4 is 22.4 Å². The maximum atomic E-state index is 11.0. The van der Waals surface area contributed by atoms with Crippen LogP contribution in [0.25, 0.3) is 10.7 Å². The Morgan fingerprint density at radius 3 is 2.95 bits per heavy atom. The van der Waals surface area contributed by atoms with E-state index in [1.807, 2.05) is 6.92 Å². The number of ether oxygens (including phenoxy) is 1. The van der Waals surface area contributed by atoms with Crippen LogP contribution in [0, 0.1) is 6.92 Å². The second-order valence-electron chi connectivity index (χ2n) is 4.87. The molecule has 3 N–H and O–H groups in total. The molecule has 2 aromatic heterocycles. The molecule has 8 nitrogen and oxygen atoms in total. The quantitative estimate of drug-likeness (QED) is 0.861. The number of nitrogens with two attached hydrogens (primary N) is 1. The molecule has 1 aliphatic heterocycles. The summed E-state index contributed by atoms with van der Waals surface area (Å²) >= 11 is 1.28. The molecule has 0 bridgehead atoms. The van der Waals surface area contributed by atoms with Crippen molar-refractivity contribution in [2.45, 2.75) is 25.8 Å². The average Bonchev–Trinajstić information content (AvgIpc) is 3.08. The van der Waals surface area contributed by atoms with Gasteiger partial charge in [0.05, 0.1) is 17.2 Å². The molecule has 1 aliphatic rings. The Bertz CT molecular complexity index is 674. The van der Waals surface area contributed by atoms with Gasteiger partial charge in [0.15, 0.2) is 16.8 Å². The first-order valence-corrected chi connectivity index (χ1v) is 7.34. The van der Waals surface area contributed by atoms with Crippen LogP contribution in [0.5, 0.6) is 0 Å². The number of anilines is 1. The number of hydrogen-bond acceptors (Lipinski definition) is 7. The Balaban J connectivity index is 2.04. The van der Waals surface area contributed by atoms with E-state index < -0.39 is 5.97 Å². The summed E-state index contributed by atoms with van der Waals surface area (Å²) in [6, 6.07) is 0. The fourth-order valence-electron chi connectivity index (χ4n) is 2.30. The number of carbonyl (C=O) groups is 1. The van der Waals surface area contributed by atoms with Crippen LogP contribution >= 0.6 is 11.3 Å². The molecule has 0 aliphatic carbocycles. The lowest BCUT2D eigenvalue weighted by Crippen LogP contribution is -2.12. The Labute approximate surface area is 124 Å². The van der Waals surface area contributed by atoms with Crippen LogP contribution in [0.15, 0.2) is 0 Å². The highest BCUT2D eigenvalue weighted by atomic mass is 32.1. The molecule has 0 saturated carbocycles. The number of thiazole rings is 1. The van der Waals surface area contributed by atoms with Crippen LogP contribution in [0.4, 0.5) is 5.13 Å². The maximum absolute atomic E-state index is 11.0. The minimum atomic E-state index is -0.967. The van der Waals surface area contributed by atoms with Crippen LogP contribution in [0.3, 0.4) is 0 Å². The molecule has 1 fully saturated rings. The minimum Gasteiger partial charge on any atom is -0.480 e. The largest absolute Gasteiger partial charge is 0.480 e. The third kappa shape index (κ3) is 2.74. The van der Waals surface area contributed by atoms with E-state index in [2.05, 4.69) is 15.1 Å². The Morgan fingerprint density at radius 1 is 1.57 bits per heavy atom. The molecule has 21 heavy (non-hydrogen) atoms. The standard InChI is InChI=1S/C12H15N5O3S/c1-6-9(21-12(13)14-6)11-15-10(7-2-3-20-5-7)16-17(11)4-8(18)19/h7H,2-5H2,1H3,(H2,13,14)(H,18,19). The van der Waals surface area contributed by atoms with E-state index in [0.717, 1.165) is 17.0 Å². The van der Waals surface area contributed by atoms with Crippen LogP contribution in [0.1, 0.15) is 23.9 Å². The van der Waals surface area contributed by atoms with Gasteiger partial charge in [-0.05, 0) is 13.3 Å². The highest BCUT2D eigenvalue weighted by Gasteiger charge is 2.26. The minimum absolute atomic E-state index is 0.115. The van der Waals surface area contributed by atoms with Crippen molar-refractivity contribution in [3.63, 3.8) is 0 Å².